The van der Waals surface area contributed by atoms with Crippen molar-refractivity contribution in [2.75, 3.05) is 0 Å². The number of alkyl halides is 1. The van der Waals surface area contributed by atoms with Gasteiger partial charge in [-0.2, -0.15) is 5.26 Å². The van der Waals surface area contributed by atoms with Gasteiger partial charge in [0.1, 0.15) is 22.6 Å². The fourth-order valence-electron chi connectivity index (χ4n) is 1.66. The molecule has 0 aliphatic carbocycles. The van der Waals surface area contributed by atoms with Crippen molar-refractivity contribution >= 4 is 33.2 Å². The monoisotopic (exact) mass is 366 g/mol. The molecule has 21 heavy (non-hydrogen) atoms. The Morgan fingerprint density at radius 1 is 1.33 bits per heavy atom. The summed E-state index contributed by atoms with van der Waals surface area (Å²) in [5.74, 6) is 0.695. The summed E-state index contributed by atoms with van der Waals surface area (Å²) < 4.78 is 5.57. The van der Waals surface area contributed by atoms with Crippen LogP contribution in [-0.4, -0.2) is 4.92 Å². The van der Waals surface area contributed by atoms with Gasteiger partial charge in [0.15, 0.2) is 0 Å². The van der Waals surface area contributed by atoms with Gasteiger partial charge in [-0.1, -0.05) is 33.6 Å². The second kappa shape index (κ2) is 6.57. The van der Waals surface area contributed by atoms with E-state index in [0.717, 1.165) is 5.56 Å². The second-order valence-corrected chi connectivity index (χ2v) is 5.02. The number of hydrogen-bond acceptors (Lipinski definition) is 4. The first kappa shape index (κ1) is 15.3. The predicted molar refractivity (Wildman–Crippen MR) is 82.0 cm³/mol. The second-order valence-electron chi connectivity index (χ2n) is 4.05. The van der Waals surface area contributed by atoms with E-state index in [9.17, 15) is 10.1 Å². The Morgan fingerprint density at radius 2 is 2.10 bits per heavy atom. The zero-order valence-corrected chi connectivity index (χ0v) is 12.9. The number of halogens is 2. The van der Waals surface area contributed by atoms with Crippen LogP contribution in [0, 0.1) is 21.4 Å². The van der Waals surface area contributed by atoms with Crippen molar-refractivity contribution in [3.63, 3.8) is 0 Å². The van der Waals surface area contributed by atoms with E-state index < -0.39 is 4.92 Å². The highest BCUT2D eigenvalue weighted by Crippen LogP contribution is 2.32. The highest BCUT2D eigenvalue weighted by Gasteiger charge is 2.14. The molecule has 106 valence electrons. The molecular weight excluding hydrogens is 360 g/mol. The van der Waals surface area contributed by atoms with E-state index in [1.165, 1.54) is 18.2 Å². The molecule has 0 saturated heterocycles. The lowest BCUT2D eigenvalue weighted by Crippen LogP contribution is -1.92. The number of hydrogen-bond donors (Lipinski definition) is 0. The van der Waals surface area contributed by atoms with Crippen LogP contribution in [0.3, 0.4) is 0 Å². The minimum atomic E-state index is -0.572. The van der Waals surface area contributed by atoms with Crippen LogP contribution in [0.4, 0.5) is 5.69 Å². The van der Waals surface area contributed by atoms with E-state index in [-0.39, 0.29) is 10.7 Å². The minimum Gasteiger partial charge on any atom is -0.456 e. The first-order valence-electron chi connectivity index (χ1n) is 5.76. The SMILES string of the molecule is N#Cc1cc(CBr)ccc1Oc1ccc([N+](=O)[O-])c(Cl)c1. The lowest BCUT2D eigenvalue weighted by atomic mass is 10.1. The summed E-state index contributed by atoms with van der Waals surface area (Å²) in [5, 5.41) is 20.4. The molecule has 0 unspecified atom stereocenters. The average molecular weight is 368 g/mol. The van der Waals surface area contributed by atoms with Crippen LogP contribution in [0.1, 0.15) is 11.1 Å². The molecule has 0 aliphatic heterocycles. The number of nitro groups is 1. The van der Waals surface area contributed by atoms with E-state index in [1.807, 2.05) is 12.1 Å². The highest BCUT2D eigenvalue weighted by molar-refractivity contribution is 9.08. The standard InChI is InChI=1S/C14H8BrClN2O3/c15-7-9-1-4-14(10(5-9)8-17)21-11-2-3-13(18(19)20)12(16)6-11/h1-6H,7H2. The van der Waals surface area contributed by atoms with Gasteiger partial charge in [0.25, 0.3) is 5.69 Å². The lowest BCUT2D eigenvalue weighted by Gasteiger charge is -2.08. The van der Waals surface area contributed by atoms with E-state index >= 15 is 0 Å². The Hall–Kier alpha value is -2.10. The van der Waals surface area contributed by atoms with E-state index in [2.05, 4.69) is 15.9 Å². The molecule has 2 rings (SSSR count). The maximum absolute atomic E-state index is 10.7. The quantitative estimate of drug-likeness (QED) is 0.441. The van der Waals surface area contributed by atoms with Crippen LogP contribution >= 0.6 is 27.5 Å². The molecule has 0 radical (unpaired) electrons. The molecule has 0 spiro atoms. The minimum absolute atomic E-state index is 0.0203. The smallest absolute Gasteiger partial charge is 0.288 e. The van der Waals surface area contributed by atoms with E-state index in [4.69, 9.17) is 21.6 Å². The number of nitriles is 1. The summed E-state index contributed by atoms with van der Waals surface area (Å²) in [6.45, 7) is 0. The zero-order chi connectivity index (χ0) is 15.4. The predicted octanol–water partition coefficient (Wildman–Crippen LogP) is 4.81. The Kier molecular flexibility index (Phi) is 4.78. The van der Waals surface area contributed by atoms with Crippen molar-refractivity contribution in [3.8, 4) is 17.6 Å². The first-order chi connectivity index (χ1) is 10.0. The fraction of sp³-hybridized carbons (Fsp3) is 0.0714. The molecular formula is C14H8BrClN2O3. The van der Waals surface area contributed by atoms with Crippen LogP contribution in [0.25, 0.3) is 0 Å². The van der Waals surface area contributed by atoms with Gasteiger partial charge in [-0.25, -0.2) is 0 Å². The van der Waals surface area contributed by atoms with Crippen molar-refractivity contribution in [2.24, 2.45) is 0 Å². The largest absolute Gasteiger partial charge is 0.456 e. The van der Waals surface area contributed by atoms with Gasteiger partial charge < -0.3 is 4.74 Å². The Morgan fingerprint density at radius 3 is 2.67 bits per heavy atom. The Labute approximate surface area is 134 Å². The third-order valence-corrected chi connectivity index (χ3v) is 3.61. The van der Waals surface area contributed by atoms with Crippen molar-refractivity contribution in [3.05, 3.63) is 62.7 Å². The van der Waals surface area contributed by atoms with E-state index in [1.54, 1.807) is 12.1 Å². The van der Waals surface area contributed by atoms with Crippen molar-refractivity contribution in [2.45, 2.75) is 5.33 Å². The van der Waals surface area contributed by atoms with Gasteiger partial charge in [-0.15, -0.1) is 0 Å². The molecule has 0 atom stereocenters. The topological polar surface area (TPSA) is 76.2 Å². The molecule has 0 heterocycles. The first-order valence-corrected chi connectivity index (χ1v) is 7.26. The summed E-state index contributed by atoms with van der Waals surface area (Å²) >= 11 is 9.13. The molecule has 2 aromatic rings. The van der Waals surface area contributed by atoms with Gasteiger partial charge in [0.05, 0.1) is 10.5 Å². The number of nitro benzene ring substituents is 1. The summed E-state index contributed by atoms with van der Waals surface area (Å²) in [6.07, 6.45) is 0. The molecule has 2 aromatic carbocycles. The summed E-state index contributed by atoms with van der Waals surface area (Å²) in [4.78, 5) is 10.1. The molecule has 0 aromatic heterocycles. The molecule has 5 nitrogen and oxygen atoms in total. The highest BCUT2D eigenvalue weighted by atomic mass is 79.9. The number of rotatable bonds is 4. The average Bonchev–Trinajstić information content (AvgIpc) is 2.47. The molecule has 0 fully saturated rings. The summed E-state index contributed by atoms with van der Waals surface area (Å²) in [7, 11) is 0. The van der Waals surface area contributed by atoms with Gasteiger partial charge in [-0.05, 0) is 23.8 Å². The summed E-state index contributed by atoms with van der Waals surface area (Å²) in [6, 6.07) is 11.3. The van der Waals surface area contributed by atoms with Crippen molar-refractivity contribution < 1.29 is 9.66 Å². The van der Waals surface area contributed by atoms with Crippen LogP contribution in [0.5, 0.6) is 11.5 Å². The van der Waals surface area contributed by atoms with Crippen LogP contribution in [0.2, 0.25) is 5.02 Å². The maximum Gasteiger partial charge on any atom is 0.288 e. The van der Waals surface area contributed by atoms with Gasteiger partial charge in [0.2, 0.25) is 0 Å². The molecule has 0 bridgehead atoms. The van der Waals surface area contributed by atoms with Crippen LogP contribution in [-0.2, 0) is 5.33 Å². The summed E-state index contributed by atoms with van der Waals surface area (Å²) in [5.41, 5.74) is 1.13. The van der Waals surface area contributed by atoms with Crippen molar-refractivity contribution in [1.82, 2.24) is 0 Å². The lowest BCUT2D eigenvalue weighted by molar-refractivity contribution is -0.384. The normalized spacial score (nSPS) is 9.95. The molecule has 0 N–H and O–H groups in total. The Balaban J connectivity index is 2.32. The molecule has 0 saturated carbocycles. The fourth-order valence-corrected chi connectivity index (χ4v) is 2.25. The molecule has 7 heteroatoms. The number of ether oxygens (including phenoxy) is 1. The van der Waals surface area contributed by atoms with Crippen LogP contribution < -0.4 is 4.74 Å². The van der Waals surface area contributed by atoms with Gasteiger partial charge in [-0.3, -0.25) is 10.1 Å². The third-order valence-electron chi connectivity index (χ3n) is 2.66. The zero-order valence-electron chi connectivity index (χ0n) is 10.5. The van der Waals surface area contributed by atoms with E-state index in [0.29, 0.717) is 22.4 Å². The molecule has 0 amide bonds. The number of nitrogens with zero attached hydrogens (tertiary/aromatic N) is 2. The maximum atomic E-state index is 10.7. The third kappa shape index (κ3) is 3.51. The Bertz CT molecular complexity index is 743. The van der Waals surface area contributed by atoms with Gasteiger partial charge >= 0.3 is 0 Å². The van der Waals surface area contributed by atoms with Crippen LogP contribution in [0.15, 0.2) is 36.4 Å². The van der Waals surface area contributed by atoms with Gasteiger partial charge in [0, 0.05) is 17.5 Å². The number of benzene rings is 2. The molecule has 0 aliphatic rings. The van der Waals surface area contributed by atoms with Crippen molar-refractivity contribution in [1.29, 1.82) is 5.26 Å².